The van der Waals surface area contributed by atoms with Gasteiger partial charge < -0.3 is 10.2 Å². The zero-order valence-electron chi connectivity index (χ0n) is 10.6. The molecular formula is C14H18N3S. The van der Waals surface area contributed by atoms with E-state index in [-0.39, 0.29) is 4.99 Å². The zero-order valence-corrected chi connectivity index (χ0v) is 11.4. The molecule has 95 valence electrons. The lowest BCUT2D eigenvalue weighted by Gasteiger charge is -2.44. The predicted octanol–water partition coefficient (Wildman–Crippen LogP) is 1.65. The van der Waals surface area contributed by atoms with E-state index >= 15 is 0 Å². The van der Waals surface area contributed by atoms with Gasteiger partial charge in [-0.2, -0.15) is 0 Å². The molecule has 1 unspecified atom stereocenters. The number of hydrogen-bond acceptors (Lipinski definition) is 4. The van der Waals surface area contributed by atoms with Gasteiger partial charge in [-0.3, -0.25) is 4.90 Å². The minimum atomic E-state index is -0.115. The Labute approximate surface area is 113 Å². The van der Waals surface area contributed by atoms with Crippen LogP contribution in [0.2, 0.25) is 0 Å². The van der Waals surface area contributed by atoms with Gasteiger partial charge in [0.2, 0.25) is 0 Å². The summed E-state index contributed by atoms with van der Waals surface area (Å²) in [6.07, 6.45) is 2.06. The smallest absolute Gasteiger partial charge is 0.169 e. The molecule has 0 aromatic heterocycles. The average molecular weight is 260 g/mol. The van der Waals surface area contributed by atoms with Crippen molar-refractivity contribution in [1.82, 2.24) is 15.1 Å². The van der Waals surface area contributed by atoms with Crippen molar-refractivity contribution < 1.29 is 0 Å². The molecule has 1 saturated heterocycles. The lowest BCUT2D eigenvalue weighted by Crippen LogP contribution is -2.57. The van der Waals surface area contributed by atoms with Crippen molar-refractivity contribution in [1.29, 1.82) is 0 Å². The van der Waals surface area contributed by atoms with Gasteiger partial charge in [0.05, 0.1) is 0 Å². The molecule has 0 amide bonds. The monoisotopic (exact) mass is 260 g/mol. The van der Waals surface area contributed by atoms with E-state index < -0.39 is 0 Å². The highest BCUT2D eigenvalue weighted by Crippen LogP contribution is 2.41. The SMILES string of the molecule is CN1CCN(C2(c3cc[c]cc3)NC=CS2)CC1. The highest BCUT2D eigenvalue weighted by atomic mass is 32.2. The summed E-state index contributed by atoms with van der Waals surface area (Å²) in [5.74, 6) is 0. The molecule has 2 heterocycles. The van der Waals surface area contributed by atoms with Crippen molar-refractivity contribution in [2.24, 2.45) is 0 Å². The molecule has 0 spiro atoms. The van der Waals surface area contributed by atoms with Crippen molar-refractivity contribution in [2.45, 2.75) is 4.99 Å². The van der Waals surface area contributed by atoms with E-state index in [4.69, 9.17) is 0 Å². The summed E-state index contributed by atoms with van der Waals surface area (Å²) >= 11 is 1.85. The minimum absolute atomic E-state index is 0.115. The van der Waals surface area contributed by atoms with Crippen LogP contribution in [0.1, 0.15) is 5.56 Å². The molecule has 1 N–H and O–H groups in total. The third-order valence-electron chi connectivity index (χ3n) is 3.64. The van der Waals surface area contributed by atoms with Gasteiger partial charge in [0.1, 0.15) is 0 Å². The van der Waals surface area contributed by atoms with Gasteiger partial charge in [-0.05, 0) is 18.5 Å². The Balaban J connectivity index is 1.88. The number of hydrogen-bond donors (Lipinski definition) is 1. The van der Waals surface area contributed by atoms with Gasteiger partial charge >= 0.3 is 0 Å². The van der Waals surface area contributed by atoms with E-state index in [0.717, 1.165) is 26.2 Å². The first kappa shape index (κ1) is 12.1. The largest absolute Gasteiger partial charge is 0.360 e. The van der Waals surface area contributed by atoms with Crippen LogP contribution in [0.25, 0.3) is 0 Å². The Morgan fingerprint density at radius 1 is 1.22 bits per heavy atom. The fourth-order valence-electron chi connectivity index (χ4n) is 2.55. The van der Waals surface area contributed by atoms with E-state index in [2.05, 4.69) is 52.0 Å². The van der Waals surface area contributed by atoms with E-state index in [1.807, 2.05) is 23.9 Å². The lowest BCUT2D eigenvalue weighted by atomic mass is 10.1. The first-order chi connectivity index (χ1) is 8.81. The Morgan fingerprint density at radius 3 is 2.56 bits per heavy atom. The highest BCUT2D eigenvalue weighted by Gasteiger charge is 2.41. The van der Waals surface area contributed by atoms with E-state index in [1.165, 1.54) is 5.56 Å². The Morgan fingerprint density at radius 2 is 1.94 bits per heavy atom. The van der Waals surface area contributed by atoms with Crippen LogP contribution in [-0.2, 0) is 4.99 Å². The normalized spacial score (nSPS) is 29.4. The summed E-state index contributed by atoms with van der Waals surface area (Å²) in [7, 11) is 2.19. The molecule has 0 aliphatic carbocycles. The molecule has 18 heavy (non-hydrogen) atoms. The molecule has 1 aromatic rings. The molecule has 2 aliphatic heterocycles. The maximum Gasteiger partial charge on any atom is 0.169 e. The van der Waals surface area contributed by atoms with Crippen LogP contribution in [0.4, 0.5) is 0 Å². The number of nitrogens with zero attached hydrogens (tertiary/aromatic N) is 2. The number of benzene rings is 1. The quantitative estimate of drug-likeness (QED) is 0.871. The van der Waals surface area contributed by atoms with E-state index in [0.29, 0.717) is 0 Å². The van der Waals surface area contributed by atoms with Crippen LogP contribution in [0, 0.1) is 6.07 Å². The third kappa shape index (κ3) is 2.05. The van der Waals surface area contributed by atoms with E-state index in [9.17, 15) is 0 Å². The zero-order chi connectivity index (χ0) is 12.4. The maximum absolute atomic E-state index is 3.55. The molecule has 3 nitrogen and oxygen atoms in total. The average Bonchev–Trinajstić information content (AvgIpc) is 2.91. The molecule has 1 fully saturated rings. The van der Waals surface area contributed by atoms with Crippen molar-refractivity contribution in [3.05, 3.63) is 47.5 Å². The van der Waals surface area contributed by atoms with Gasteiger partial charge in [0.25, 0.3) is 0 Å². The Kier molecular flexibility index (Phi) is 3.33. The molecule has 1 radical (unpaired) electrons. The van der Waals surface area contributed by atoms with Crippen LogP contribution >= 0.6 is 11.8 Å². The number of likely N-dealkylation sites (N-methyl/N-ethyl adjacent to an activating group) is 1. The summed E-state index contributed by atoms with van der Waals surface area (Å²) < 4.78 is 0. The lowest BCUT2D eigenvalue weighted by molar-refractivity contribution is 0.0827. The summed E-state index contributed by atoms with van der Waals surface area (Å²) in [5.41, 5.74) is 1.31. The van der Waals surface area contributed by atoms with Gasteiger partial charge in [-0.15, -0.1) is 0 Å². The molecule has 2 aliphatic rings. The number of nitrogens with one attached hydrogen (secondary N) is 1. The Bertz CT molecular complexity index is 416. The highest BCUT2D eigenvalue weighted by molar-refractivity contribution is 8.03. The first-order valence-electron chi connectivity index (χ1n) is 6.32. The van der Waals surface area contributed by atoms with Crippen LogP contribution in [0.3, 0.4) is 0 Å². The van der Waals surface area contributed by atoms with Crippen molar-refractivity contribution in [3.8, 4) is 0 Å². The van der Waals surface area contributed by atoms with Crippen molar-refractivity contribution in [2.75, 3.05) is 33.2 Å². The second-order valence-electron chi connectivity index (χ2n) is 4.79. The maximum atomic E-state index is 3.55. The summed E-state index contributed by atoms with van der Waals surface area (Å²) in [5, 5.41) is 5.69. The molecule has 0 saturated carbocycles. The van der Waals surface area contributed by atoms with Gasteiger partial charge in [0, 0.05) is 37.9 Å². The number of thioether (sulfide) groups is 1. The molecule has 1 aromatic carbocycles. The van der Waals surface area contributed by atoms with Crippen LogP contribution in [-0.4, -0.2) is 43.0 Å². The first-order valence-corrected chi connectivity index (χ1v) is 7.20. The minimum Gasteiger partial charge on any atom is -0.360 e. The predicted molar refractivity (Wildman–Crippen MR) is 75.9 cm³/mol. The summed E-state index contributed by atoms with van der Waals surface area (Å²) in [4.78, 5) is 4.80. The van der Waals surface area contributed by atoms with Crippen molar-refractivity contribution in [3.63, 3.8) is 0 Å². The summed E-state index contributed by atoms with van der Waals surface area (Å²) in [6, 6.07) is 11.4. The van der Waals surface area contributed by atoms with Crippen LogP contribution < -0.4 is 5.32 Å². The topological polar surface area (TPSA) is 18.5 Å². The third-order valence-corrected chi connectivity index (χ3v) is 4.87. The van der Waals surface area contributed by atoms with Gasteiger partial charge in [0.15, 0.2) is 4.99 Å². The van der Waals surface area contributed by atoms with Gasteiger partial charge in [-0.25, -0.2) is 0 Å². The molecule has 3 rings (SSSR count). The molecular weight excluding hydrogens is 242 g/mol. The second kappa shape index (κ2) is 4.96. The fraction of sp³-hybridized carbons (Fsp3) is 0.429. The van der Waals surface area contributed by atoms with Crippen molar-refractivity contribution >= 4 is 11.8 Å². The fourth-order valence-corrected chi connectivity index (χ4v) is 3.62. The van der Waals surface area contributed by atoms with E-state index in [1.54, 1.807) is 0 Å². The molecule has 0 bridgehead atoms. The van der Waals surface area contributed by atoms with Crippen LogP contribution in [0.15, 0.2) is 35.9 Å². The Hall–Kier alpha value is -0.970. The van der Waals surface area contributed by atoms with Crippen LogP contribution in [0.5, 0.6) is 0 Å². The molecule has 1 atom stereocenters. The van der Waals surface area contributed by atoms with Gasteiger partial charge in [-0.1, -0.05) is 36.0 Å². The second-order valence-corrected chi connectivity index (χ2v) is 5.89. The molecule has 4 heteroatoms. The number of rotatable bonds is 2. The number of piperazine rings is 1. The standard InChI is InChI=1S/C14H18N3S/c1-16-8-10-17(11-9-16)14(15-7-12-18-14)13-5-3-2-4-6-13/h3-7,12,15H,8-11H2,1H3. The summed E-state index contributed by atoms with van der Waals surface area (Å²) in [6.45, 7) is 4.44.